The lowest BCUT2D eigenvalue weighted by Crippen LogP contribution is -2.17. The zero-order chi connectivity index (χ0) is 10.7. The quantitative estimate of drug-likeness (QED) is 0.633. The van der Waals surface area contributed by atoms with Crippen LogP contribution in [0, 0.1) is 3.57 Å². The van der Waals surface area contributed by atoms with E-state index in [1.807, 2.05) is 14.0 Å². The summed E-state index contributed by atoms with van der Waals surface area (Å²) in [6.07, 6.45) is 0. The van der Waals surface area contributed by atoms with Crippen molar-refractivity contribution in [1.29, 1.82) is 0 Å². The molecule has 1 rings (SSSR count). The van der Waals surface area contributed by atoms with E-state index in [-0.39, 0.29) is 6.04 Å². The van der Waals surface area contributed by atoms with Gasteiger partial charge in [0.2, 0.25) is 0 Å². The van der Waals surface area contributed by atoms with Crippen LogP contribution in [-0.2, 0) is 0 Å². The monoisotopic (exact) mass is 365 g/mol. The highest BCUT2D eigenvalue weighted by Crippen LogP contribution is 2.28. The molecule has 0 heterocycles. The molecule has 1 N–H and O–H groups in total. The lowest BCUT2D eigenvalue weighted by molar-refractivity contribution is 0.676. The van der Waals surface area contributed by atoms with Crippen LogP contribution in [0.2, 0.25) is 0 Å². The summed E-state index contributed by atoms with van der Waals surface area (Å²) in [6.45, 7) is 6.02. The van der Waals surface area contributed by atoms with Crippen molar-refractivity contribution in [3.05, 3.63) is 44.0 Å². The lowest BCUT2D eigenvalue weighted by Gasteiger charge is -2.18. The van der Waals surface area contributed by atoms with Crippen molar-refractivity contribution in [1.82, 2.24) is 5.32 Å². The minimum Gasteiger partial charge on any atom is -0.310 e. The highest BCUT2D eigenvalue weighted by Gasteiger charge is 2.13. The Labute approximate surface area is 107 Å². The number of nitrogens with one attached hydrogen (secondary N) is 1. The lowest BCUT2D eigenvalue weighted by atomic mass is 10.0. The van der Waals surface area contributed by atoms with Gasteiger partial charge in [-0.15, -0.1) is 0 Å². The molecule has 0 fully saturated rings. The van der Waals surface area contributed by atoms with Gasteiger partial charge in [-0.05, 0) is 60.3 Å². The van der Waals surface area contributed by atoms with E-state index in [1.54, 1.807) is 0 Å². The summed E-state index contributed by atoms with van der Waals surface area (Å²) in [5.74, 6) is 0. The Morgan fingerprint density at radius 1 is 1.57 bits per heavy atom. The Kier molecular flexibility index (Phi) is 4.60. The highest BCUT2D eigenvalue weighted by atomic mass is 127. The van der Waals surface area contributed by atoms with Crippen molar-refractivity contribution in [3.63, 3.8) is 0 Å². The Morgan fingerprint density at radius 3 is 2.71 bits per heavy atom. The standard InChI is InChI=1S/C11H13BrIN/c1-7(2)11(14-3)9-6-8(13)4-5-10(9)12/h4-6,11,14H,1H2,2-3H3. The molecule has 0 aromatic heterocycles. The molecule has 1 aromatic rings. The third kappa shape index (κ3) is 2.81. The van der Waals surface area contributed by atoms with Gasteiger partial charge in [0.1, 0.15) is 0 Å². The van der Waals surface area contributed by atoms with E-state index in [0.29, 0.717) is 0 Å². The number of rotatable bonds is 3. The van der Waals surface area contributed by atoms with Gasteiger partial charge < -0.3 is 5.32 Å². The van der Waals surface area contributed by atoms with Gasteiger partial charge in [0.25, 0.3) is 0 Å². The molecule has 0 radical (unpaired) electrons. The summed E-state index contributed by atoms with van der Waals surface area (Å²) in [4.78, 5) is 0. The first-order valence-corrected chi connectivity index (χ1v) is 6.21. The second-order valence-electron chi connectivity index (χ2n) is 3.23. The number of benzene rings is 1. The third-order valence-electron chi connectivity index (χ3n) is 2.05. The second-order valence-corrected chi connectivity index (χ2v) is 5.33. The first-order chi connectivity index (χ1) is 6.56. The topological polar surface area (TPSA) is 12.0 Å². The van der Waals surface area contributed by atoms with E-state index in [0.717, 1.165) is 10.0 Å². The van der Waals surface area contributed by atoms with Crippen LogP contribution in [0.25, 0.3) is 0 Å². The molecule has 14 heavy (non-hydrogen) atoms. The largest absolute Gasteiger partial charge is 0.310 e. The number of hydrogen-bond acceptors (Lipinski definition) is 1. The molecule has 0 spiro atoms. The molecular weight excluding hydrogens is 353 g/mol. The van der Waals surface area contributed by atoms with Crippen LogP contribution in [0.5, 0.6) is 0 Å². The Bertz CT molecular complexity index is 349. The van der Waals surface area contributed by atoms with Gasteiger partial charge in [-0.2, -0.15) is 0 Å². The molecule has 0 aliphatic heterocycles. The normalized spacial score (nSPS) is 12.6. The van der Waals surface area contributed by atoms with Crippen molar-refractivity contribution < 1.29 is 0 Å². The Morgan fingerprint density at radius 2 is 2.21 bits per heavy atom. The van der Waals surface area contributed by atoms with Crippen molar-refractivity contribution in [2.75, 3.05) is 7.05 Å². The van der Waals surface area contributed by atoms with Gasteiger partial charge in [-0.3, -0.25) is 0 Å². The molecular formula is C11H13BrIN. The van der Waals surface area contributed by atoms with E-state index in [1.165, 1.54) is 9.13 Å². The van der Waals surface area contributed by atoms with Crippen molar-refractivity contribution in [2.45, 2.75) is 13.0 Å². The van der Waals surface area contributed by atoms with Gasteiger partial charge in [-0.1, -0.05) is 28.1 Å². The molecule has 0 amide bonds. The second kappa shape index (κ2) is 5.28. The van der Waals surface area contributed by atoms with Crippen LogP contribution < -0.4 is 5.32 Å². The molecule has 76 valence electrons. The smallest absolute Gasteiger partial charge is 0.0539 e. The minimum absolute atomic E-state index is 0.221. The summed E-state index contributed by atoms with van der Waals surface area (Å²) in [5, 5.41) is 3.25. The minimum atomic E-state index is 0.221. The fourth-order valence-electron chi connectivity index (χ4n) is 1.40. The van der Waals surface area contributed by atoms with Crippen LogP contribution in [0.3, 0.4) is 0 Å². The van der Waals surface area contributed by atoms with Crippen LogP contribution in [0.15, 0.2) is 34.8 Å². The van der Waals surface area contributed by atoms with Gasteiger partial charge in [0, 0.05) is 8.04 Å². The third-order valence-corrected chi connectivity index (χ3v) is 3.44. The maximum Gasteiger partial charge on any atom is 0.0539 e. The van der Waals surface area contributed by atoms with E-state index in [4.69, 9.17) is 0 Å². The Balaban J connectivity index is 3.15. The molecule has 0 saturated carbocycles. The fourth-order valence-corrected chi connectivity index (χ4v) is 2.39. The van der Waals surface area contributed by atoms with Crippen LogP contribution in [0.4, 0.5) is 0 Å². The summed E-state index contributed by atoms with van der Waals surface area (Å²) < 4.78 is 2.36. The molecule has 0 aliphatic carbocycles. The predicted molar refractivity (Wildman–Crippen MR) is 73.5 cm³/mol. The number of hydrogen-bond donors (Lipinski definition) is 1. The molecule has 0 saturated heterocycles. The molecule has 1 aromatic carbocycles. The SMILES string of the molecule is C=C(C)C(NC)c1cc(I)ccc1Br. The average Bonchev–Trinajstić information content (AvgIpc) is 2.11. The van der Waals surface area contributed by atoms with Gasteiger partial charge in [0.05, 0.1) is 6.04 Å². The first kappa shape index (κ1) is 12.2. The van der Waals surface area contributed by atoms with Crippen LogP contribution in [0.1, 0.15) is 18.5 Å². The van der Waals surface area contributed by atoms with Crippen LogP contribution >= 0.6 is 38.5 Å². The fraction of sp³-hybridized carbons (Fsp3) is 0.273. The molecule has 3 heteroatoms. The van der Waals surface area contributed by atoms with E-state index in [9.17, 15) is 0 Å². The van der Waals surface area contributed by atoms with Crippen LogP contribution in [-0.4, -0.2) is 7.05 Å². The highest BCUT2D eigenvalue weighted by molar-refractivity contribution is 14.1. The van der Waals surface area contributed by atoms with E-state index in [2.05, 4.69) is 68.6 Å². The van der Waals surface area contributed by atoms with Gasteiger partial charge in [0.15, 0.2) is 0 Å². The van der Waals surface area contributed by atoms with E-state index >= 15 is 0 Å². The maximum atomic E-state index is 3.99. The Hall–Kier alpha value is 0.130. The summed E-state index contributed by atoms with van der Waals surface area (Å²) >= 11 is 5.87. The molecule has 1 unspecified atom stereocenters. The molecule has 1 atom stereocenters. The van der Waals surface area contributed by atoms with E-state index < -0.39 is 0 Å². The summed E-state index contributed by atoms with van der Waals surface area (Å²) in [5.41, 5.74) is 2.36. The van der Waals surface area contributed by atoms with Gasteiger partial charge in [-0.25, -0.2) is 0 Å². The summed E-state index contributed by atoms with van der Waals surface area (Å²) in [7, 11) is 1.95. The zero-order valence-electron chi connectivity index (χ0n) is 8.27. The van der Waals surface area contributed by atoms with Crippen molar-refractivity contribution >= 4 is 38.5 Å². The molecule has 1 nitrogen and oxygen atoms in total. The zero-order valence-corrected chi connectivity index (χ0v) is 12.0. The maximum absolute atomic E-state index is 3.99. The predicted octanol–water partition coefficient (Wildman–Crippen LogP) is 3.89. The number of likely N-dealkylation sites (N-methyl/N-ethyl adjacent to an activating group) is 1. The molecule has 0 aliphatic rings. The van der Waals surface area contributed by atoms with Gasteiger partial charge >= 0.3 is 0 Å². The first-order valence-electron chi connectivity index (χ1n) is 4.34. The average molecular weight is 366 g/mol. The number of halogens is 2. The van der Waals surface area contributed by atoms with Crippen molar-refractivity contribution in [2.24, 2.45) is 0 Å². The summed E-state index contributed by atoms with van der Waals surface area (Å²) in [6, 6.07) is 6.54. The van der Waals surface area contributed by atoms with Crippen molar-refractivity contribution in [3.8, 4) is 0 Å². The molecule has 0 bridgehead atoms.